The van der Waals surface area contributed by atoms with E-state index in [4.69, 9.17) is 10.0 Å². The number of unbranched alkanes of at least 4 members (excludes halogenated alkanes) is 1. The van der Waals surface area contributed by atoms with Gasteiger partial charge in [0.25, 0.3) is 0 Å². The molecule has 0 radical (unpaired) electrons. The van der Waals surface area contributed by atoms with E-state index in [1.54, 1.807) is 7.05 Å². The molecule has 1 heterocycles. The smallest absolute Gasteiger partial charge is 0.451 e. The number of carboxylic acid groups (broad SMARTS) is 1. The molecular weight excluding hydrogens is 330 g/mol. The molecule has 0 aromatic rings. The highest BCUT2D eigenvalue weighted by atomic mass is 35.5. The van der Waals surface area contributed by atoms with Crippen molar-refractivity contribution in [2.45, 2.75) is 62.8 Å². The molecule has 1 saturated heterocycles. The van der Waals surface area contributed by atoms with Crippen molar-refractivity contribution in [3.05, 3.63) is 0 Å². The number of aliphatic carboxylic acids is 1. The molecule has 0 aromatic carbocycles. The quantitative estimate of drug-likeness (QED) is 0.295. The van der Waals surface area contributed by atoms with E-state index in [2.05, 4.69) is 10.6 Å². The summed E-state index contributed by atoms with van der Waals surface area (Å²) >= 11 is 0. The zero-order valence-electron chi connectivity index (χ0n) is 13.1. The third-order valence-corrected chi connectivity index (χ3v) is 4.29. The number of rotatable bonds is 10. The highest BCUT2D eigenvalue weighted by Gasteiger charge is 2.36. The van der Waals surface area contributed by atoms with Crippen molar-refractivity contribution in [1.82, 2.24) is 10.6 Å². The van der Waals surface area contributed by atoms with Crippen molar-refractivity contribution >= 4 is 37.9 Å². The molecule has 0 aliphatic carbocycles. The molecule has 1 unspecified atom stereocenters. The maximum Gasteiger partial charge on any atom is 0.451 e. The van der Waals surface area contributed by atoms with Gasteiger partial charge in [-0.05, 0) is 52.0 Å². The fourth-order valence-corrected chi connectivity index (χ4v) is 2.87. The van der Waals surface area contributed by atoms with E-state index in [1.165, 1.54) is 6.42 Å². The first-order chi connectivity index (χ1) is 9.50. The van der Waals surface area contributed by atoms with Gasteiger partial charge in [0.15, 0.2) is 0 Å². The first kappa shape index (κ1) is 24.2. The van der Waals surface area contributed by atoms with Gasteiger partial charge in [0.1, 0.15) is 5.54 Å². The van der Waals surface area contributed by atoms with E-state index in [0.29, 0.717) is 38.0 Å². The lowest BCUT2D eigenvalue weighted by atomic mass is 9.80. The summed E-state index contributed by atoms with van der Waals surface area (Å²) in [6.45, 7) is 1.03. The normalized spacial score (nSPS) is 19.7. The second kappa shape index (κ2) is 12.4. The molecule has 0 aromatic heterocycles. The van der Waals surface area contributed by atoms with Gasteiger partial charge < -0.3 is 25.8 Å². The number of hydrogen-bond acceptors (Lipinski definition) is 5. The Bertz CT molecular complexity index is 308. The fraction of sp³-hybridized carbons (Fsp3) is 0.923. The summed E-state index contributed by atoms with van der Waals surface area (Å²) in [7, 11) is 0.392. The Balaban J connectivity index is 0. The van der Waals surface area contributed by atoms with Gasteiger partial charge in [-0.3, -0.25) is 4.79 Å². The molecule has 9 heteroatoms. The highest BCUT2D eigenvalue weighted by molar-refractivity contribution is 6.40. The van der Waals surface area contributed by atoms with Crippen LogP contribution in [0, 0.1) is 0 Å². The summed E-state index contributed by atoms with van der Waals surface area (Å²) in [6.07, 6.45) is 5.84. The molecule has 0 amide bonds. The lowest BCUT2D eigenvalue weighted by Gasteiger charge is -2.30. The SMILES string of the molecule is CNC(CCCCB(O)O)(CC[C@@H]1CCCN1)C(=O)O.Cl.Cl. The molecule has 22 heavy (non-hydrogen) atoms. The average Bonchev–Trinajstić information content (AvgIpc) is 2.91. The summed E-state index contributed by atoms with van der Waals surface area (Å²) in [6, 6.07) is 0.432. The number of likely N-dealkylation sites (N-methyl/N-ethyl adjacent to an activating group) is 1. The van der Waals surface area contributed by atoms with E-state index in [-0.39, 0.29) is 24.8 Å². The first-order valence-electron chi connectivity index (χ1n) is 7.52. The molecular formula is C13H29BCl2N2O4. The number of halogens is 2. The molecule has 1 rings (SSSR count). The van der Waals surface area contributed by atoms with Crippen LogP contribution in [-0.4, -0.2) is 53.4 Å². The molecule has 0 spiro atoms. The van der Waals surface area contributed by atoms with E-state index in [1.807, 2.05) is 0 Å². The predicted molar refractivity (Wildman–Crippen MR) is 93.0 cm³/mol. The molecule has 2 atom stereocenters. The van der Waals surface area contributed by atoms with Crippen LogP contribution in [0.3, 0.4) is 0 Å². The van der Waals surface area contributed by atoms with Gasteiger partial charge in [-0.2, -0.15) is 0 Å². The Hall–Kier alpha value is -0.0451. The van der Waals surface area contributed by atoms with Gasteiger partial charge in [-0.15, -0.1) is 24.8 Å². The van der Waals surface area contributed by atoms with Gasteiger partial charge in [0, 0.05) is 6.04 Å². The van der Waals surface area contributed by atoms with Crippen molar-refractivity contribution in [3.8, 4) is 0 Å². The van der Waals surface area contributed by atoms with Gasteiger partial charge >= 0.3 is 13.1 Å². The summed E-state index contributed by atoms with van der Waals surface area (Å²) in [5.41, 5.74) is -0.898. The number of hydrogen-bond donors (Lipinski definition) is 5. The Morgan fingerprint density at radius 2 is 2.00 bits per heavy atom. The molecule has 1 aliphatic rings. The van der Waals surface area contributed by atoms with Crippen molar-refractivity contribution < 1.29 is 19.9 Å². The van der Waals surface area contributed by atoms with Crippen LogP contribution in [0.1, 0.15) is 44.9 Å². The molecule has 5 N–H and O–H groups in total. The van der Waals surface area contributed by atoms with Crippen LogP contribution in [0.4, 0.5) is 0 Å². The summed E-state index contributed by atoms with van der Waals surface area (Å²) < 4.78 is 0. The van der Waals surface area contributed by atoms with E-state index >= 15 is 0 Å². The van der Waals surface area contributed by atoms with Crippen molar-refractivity contribution in [2.24, 2.45) is 0 Å². The lowest BCUT2D eigenvalue weighted by molar-refractivity contribution is -0.145. The maximum atomic E-state index is 11.6. The molecule has 0 saturated carbocycles. The zero-order chi connectivity index (χ0) is 15.0. The van der Waals surface area contributed by atoms with Gasteiger partial charge in [0.05, 0.1) is 0 Å². The monoisotopic (exact) mass is 358 g/mol. The topological polar surface area (TPSA) is 102 Å². The average molecular weight is 359 g/mol. The van der Waals surface area contributed by atoms with Crippen molar-refractivity contribution in [2.75, 3.05) is 13.6 Å². The molecule has 1 aliphatic heterocycles. The molecule has 6 nitrogen and oxygen atoms in total. The van der Waals surface area contributed by atoms with Gasteiger partial charge in [-0.25, -0.2) is 0 Å². The highest BCUT2D eigenvalue weighted by Crippen LogP contribution is 2.24. The summed E-state index contributed by atoms with van der Waals surface area (Å²) in [5, 5.41) is 33.5. The third-order valence-electron chi connectivity index (χ3n) is 4.29. The minimum Gasteiger partial charge on any atom is -0.480 e. The Labute approximate surface area is 145 Å². The summed E-state index contributed by atoms with van der Waals surface area (Å²) in [5.74, 6) is -0.817. The Morgan fingerprint density at radius 3 is 2.45 bits per heavy atom. The van der Waals surface area contributed by atoms with Crippen molar-refractivity contribution in [3.63, 3.8) is 0 Å². The number of nitrogens with one attached hydrogen (secondary N) is 2. The van der Waals surface area contributed by atoms with Crippen LogP contribution >= 0.6 is 24.8 Å². The lowest BCUT2D eigenvalue weighted by Crippen LogP contribution is -2.51. The second-order valence-corrected chi connectivity index (χ2v) is 5.70. The van der Waals surface area contributed by atoms with Gasteiger partial charge in [0.2, 0.25) is 0 Å². The Morgan fingerprint density at radius 1 is 1.32 bits per heavy atom. The molecule has 132 valence electrons. The van der Waals surface area contributed by atoms with Gasteiger partial charge in [-0.1, -0.05) is 12.8 Å². The first-order valence-corrected chi connectivity index (χ1v) is 7.52. The number of carboxylic acids is 1. The number of carbonyl (C=O) groups is 1. The summed E-state index contributed by atoms with van der Waals surface area (Å²) in [4.78, 5) is 11.6. The van der Waals surface area contributed by atoms with Crippen LogP contribution in [0.2, 0.25) is 6.32 Å². The zero-order valence-corrected chi connectivity index (χ0v) is 14.7. The van der Waals surface area contributed by atoms with Crippen LogP contribution in [0.5, 0.6) is 0 Å². The predicted octanol–water partition coefficient (Wildman–Crippen LogP) is 1.05. The van der Waals surface area contributed by atoms with Crippen LogP contribution in [0.15, 0.2) is 0 Å². The molecule has 1 fully saturated rings. The van der Waals surface area contributed by atoms with Crippen molar-refractivity contribution in [1.29, 1.82) is 0 Å². The maximum absolute atomic E-state index is 11.6. The largest absolute Gasteiger partial charge is 0.480 e. The third kappa shape index (κ3) is 7.99. The van der Waals surface area contributed by atoms with Crippen LogP contribution < -0.4 is 10.6 Å². The minimum absolute atomic E-state index is 0. The van der Waals surface area contributed by atoms with E-state index < -0.39 is 18.6 Å². The molecule has 0 bridgehead atoms. The standard InChI is InChI=1S/C13H27BN2O4.2ClH/c1-15-13(12(17)18,7-2-3-9-14(19)20)8-6-11-5-4-10-16-11;;/h11,15-16,19-20H,2-10H2,1H3,(H,17,18);2*1H/t11-,13?;;/m0../s1. The second-order valence-electron chi connectivity index (χ2n) is 5.70. The Kier molecular flexibility index (Phi) is 13.6. The van der Waals surface area contributed by atoms with Crippen LogP contribution in [0.25, 0.3) is 0 Å². The minimum atomic E-state index is -1.30. The van der Waals surface area contributed by atoms with E-state index in [9.17, 15) is 9.90 Å². The van der Waals surface area contributed by atoms with E-state index in [0.717, 1.165) is 19.4 Å². The van der Waals surface area contributed by atoms with Crippen LogP contribution in [-0.2, 0) is 4.79 Å². The fourth-order valence-electron chi connectivity index (χ4n) is 2.87.